The lowest BCUT2D eigenvalue weighted by atomic mass is 9.77. The molecule has 1 aliphatic rings. The van der Waals surface area contributed by atoms with Crippen LogP contribution in [0.25, 0.3) is 0 Å². The first-order valence-corrected chi connectivity index (χ1v) is 10.4. The molecule has 30 heavy (non-hydrogen) atoms. The molecule has 0 aliphatic heterocycles. The molecule has 0 N–H and O–H groups in total. The van der Waals surface area contributed by atoms with Gasteiger partial charge in [-0.25, -0.2) is 0 Å². The predicted molar refractivity (Wildman–Crippen MR) is 114 cm³/mol. The van der Waals surface area contributed by atoms with Gasteiger partial charge >= 0.3 is 6.36 Å². The van der Waals surface area contributed by atoms with E-state index in [1.807, 2.05) is 0 Å². The molecule has 3 nitrogen and oxygen atoms in total. The summed E-state index contributed by atoms with van der Waals surface area (Å²) >= 11 is 0. The molecule has 0 aromatic heterocycles. The van der Waals surface area contributed by atoms with Crippen LogP contribution in [0, 0.1) is 5.92 Å². The van der Waals surface area contributed by atoms with E-state index in [0.29, 0.717) is 11.5 Å². The molecule has 0 unspecified atom stereocenters. The Morgan fingerprint density at radius 1 is 0.867 bits per heavy atom. The van der Waals surface area contributed by atoms with Gasteiger partial charge in [0.2, 0.25) is 0 Å². The maximum atomic E-state index is 12.2. The van der Waals surface area contributed by atoms with Crippen LogP contribution in [0.15, 0.2) is 58.7 Å². The average Bonchev–Trinajstić information content (AvgIpc) is 2.73. The fraction of sp³-hybridized carbons (Fsp3) is 0.417. The van der Waals surface area contributed by atoms with Gasteiger partial charge in [0.25, 0.3) is 0 Å². The second kappa shape index (κ2) is 10.4. The highest BCUT2D eigenvalue weighted by molar-refractivity contribution is 5.82. The third-order valence-corrected chi connectivity index (χ3v) is 5.55. The molecular formula is C24H27F3N2O. The lowest BCUT2D eigenvalue weighted by Crippen LogP contribution is -2.16. The third kappa shape index (κ3) is 7.01. The van der Waals surface area contributed by atoms with Gasteiger partial charge in [-0.1, -0.05) is 44.0 Å². The van der Waals surface area contributed by atoms with E-state index in [4.69, 9.17) is 0 Å². The lowest BCUT2D eigenvalue weighted by molar-refractivity contribution is -0.274. The standard InChI is InChI=1S/C24H27F3N2O/c1-2-3-18-4-10-21(11-5-18)22-12-6-19(7-13-22)16-28-29-17-20-8-14-23(15-9-20)30-24(25,26)27/h6-9,12-18,21H,2-5,10-11H2,1H3. The van der Waals surface area contributed by atoms with E-state index in [1.54, 1.807) is 6.21 Å². The van der Waals surface area contributed by atoms with Crippen molar-refractivity contribution in [3.05, 3.63) is 65.2 Å². The summed E-state index contributed by atoms with van der Waals surface area (Å²) in [7, 11) is 0. The maximum Gasteiger partial charge on any atom is 0.573 e. The Labute approximate surface area is 175 Å². The molecule has 0 radical (unpaired) electrons. The molecular weight excluding hydrogens is 389 g/mol. The molecule has 160 valence electrons. The Hall–Kier alpha value is -2.63. The van der Waals surface area contributed by atoms with Crippen molar-refractivity contribution in [3.8, 4) is 5.75 Å². The second-order valence-electron chi connectivity index (χ2n) is 7.78. The molecule has 2 aromatic rings. The van der Waals surface area contributed by atoms with Crippen molar-refractivity contribution < 1.29 is 17.9 Å². The number of ether oxygens (including phenoxy) is 1. The van der Waals surface area contributed by atoms with Gasteiger partial charge < -0.3 is 4.74 Å². The van der Waals surface area contributed by atoms with E-state index in [9.17, 15) is 13.2 Å². The van der Waals surface area contributed by atoms with E-state index >= 15 is 0 Å². The molecule has 1 saturated carbocycles. The summed E-state index contributed by atoms with van der Waals surface area (Å²) in [5, 5.41) is 7.99. The summed E-state index contributed by atoms with van der Waals surface area (Å²) in [6, 6.07) is 13.9. The monoisotopic (exact) mass is 416 g/mol. The zero-order valence-electron chi connectivity index (χ0n) is 17.1. The van der Waals surface area contributed by atoms with E-state index in [1.165, 1.54) is 74.6 Å². The Kier molecular flexibility index (Phi) is 7.66. The fourth-order valence-electron chi connectivity index (χ4n) is 4.00. The van der Waals surface area contributed by atoms with Gasteiger partial charge in [0, 0.05) is 0 Å². The van der Waals surface area contributed by atoms with Crippen LogP contribution in [-0.2, 0) is 0 Å². The van der Waals surface area contributed by atoms with E-state index in [0.717, 1.165) is 11.5 Å². The van der Waals surface area contributed by atoms with Crippen LogP contribution < -0.4 is 4.74 Å². The molecule has 0 heterocycles. The zero-order chi connectivity index (χ0) is 21.4. The highest BCUT2D eigenvalue weighted by atomic mass is 19.4. The van der Waals surface area contributed by atoms with Crippen molar-refractivity contribution in [2.24, 2.45) is 16.1 Å². The van der Waals surface area contributed by atoms with Crippen LogP contribution in [0.3, 0.4) is 0 Å². The quantitative estimate of drug-likeness (QED) is 0.350. The van der Waals surface area contributed by atoms with Crippen LogP contribution in [0.4, 0.5) is 13.2 Å². The summed E-state index contributed by atoms with van der Waals surface area (Å²) in [5.74, 6) is 1.30. The Balaban J connectivity index is 1.49. The number of hydrogen-bond acceptors (Lipinski definition) is 3. The van der Waals surface area contributed by atoms with Gasteiger partial charge in [0.05, 0.1) is 12.4 Å². The zero-order valence-corrected chi connectivity index (χ0v) is 17.1. The second-order valence-corrected chi connectivity index (χ2v) is 7.78. The topological polar surface area (TPSA) is 34.0 Å². The number of halogens is 3. The first-order chi connectivity index (χ1) is 14.4. The fourth-order valence-corrected chi connectivity index (χ4v) is 4.00. The highest BCUT2D eigenvalue weighted by Crippen LogP contribution is 2.37. The summed E-state index contributed by atoms with van der Waals surface area (Å²) in [4.78, 5) is 0. The molecule has 0 spiro atoms. The van der Waals surface area contributed by atoms with Gasteiger partial charge in [-0.05, 0) is 78.5 Å². The molecule has 0 saturated heterocycles. The van der Waals surface area contributed by atoms with E-state index < -0.39 is 6.36 Å². The van der Waals surface area contributed by atoms with Crippen molar-refractivity contribution in [3.63, 3.8) is 0 Å². The normalized spacial score (nSPS) is 20.1. The first-order valence-electron chi connectivity index (χ1n) is 10.4. The number of benzene rings is 2. The molecule has 1 fully saturated rings. The van der Waals surface area contributed by atoms with Crippen molar-refractivity contribution in [1.82, 2.24) is 0 Å². The van der Waals surface area contributed by atoms with Gasteiger partial charge in [0.1, 0.15) is 5.75 Å². The lowest BCUT2D eigenvalue weighted by Gasteiger charge is -2.28. The Morgan fingerprint density at radius 2 is 1.40 bits per heavy atom. The van der Waals surface area contributed by atoms with E-state index in [2.05, 4.69) is 46.1 Å². The summed E-state index contributed by atoms with van der Waals surface area (Å²) in [5.41, 5.74) is 2.99. The summed E-state index contributed by atoms with van der Waals surface area (Å²) < 4.78 is 40.3. The SMILES string of the molecule is CCCC1CCC(c2ccc(C=NN=Cc3ccc(OC(F)(F)F)cc3)cc2)CC1. The molecule has 6 heteroatoms. The van der Waals surface area contributed by atoms with Crippen LogP contribution in [0.2, 0.25) is 0 Å². The minimum absolute atomic E-state index is 0.262. The van der Waals surface area contributed by atoms with Crippen LogP contribution in [0.1, 0.15) is 68.1 Å². The van der Waals surface area contributed by atoms with Crippen LogP contribution in [-0.4, -0.2) is 18.8 Å². The Morgan fingerprint density at radius 3 is 1.90 bits per heavy atom. The maximum absolute atomic E-state index is 12.2. The van der Waals surface area contributed by atoms with Crippen LogP contribution in [0.5, 0.6) is 5.75 Å². The van der Waals surface area contributed by atoms with Crippen molar-refractivity contribution in [1.29, 1.82) is 0 Å². The van der Waals surface area contributed by atoms with Crippen molar-refractivity contribution in [2.75, 3.05) is 0 Å². The smallest absolute Gasteiger partial charge is 0.406 e. The number of alkyl halides is 3. The molecule has 2 aromatic carbocycles. The van der Waals surface area contributed by atoms with Crippen molar-refractivity contribution >= 4 is 12.4 Å². The van der Waals surface area contributed by atoms with Gasteiger partial charge in [-0.15, -0.1) is 13.2 Å². The number of rotatable bonds is 7. The predicted octanol–water partition coefficient (Wildman–Crippen LogP) is 7.11. The Bertz CT molecular complexity index is 834. The molecule has 1 aliphatic carbocycles. The molecule has 0 bridgehead atoms. The largest absolute Gasteiger partial charge is 0.573 e. The van der Waals surface area contributed by atoms with Crippen LogP contribution >= 0.6 is 0 Å². The average molecular weight is 416 g/mol. The minimum Gasteiger partial charge on any atom is -0.406 e. The summed E-state index contributed by atoms with van der Waals surface area (Å²) in [6.45, 7) is 2.26. The first kappa shape index (κ1) is 22.1. The minimum atomic E-state index is -4.69. The molecule has 0 amide bonds. The molecule has 3 rings (SSSR count). The highest BCUT2D eigenvalue weighted by Gasteiger charge is 2.30. The van der Waals surface area contributed by atoms with Gasteiger partial charge in [-0.2, -0.15) is 10.2 Å². The van der Waals surface area contributed by atoms with Gasteiger partial charge in [0.15, 0.2) is 0 Å². The number of nitrogens with zero attached hydrogens (tertiary/aromatic N) is 2. The third-order valence-electron chi connectivity index (χ3n) is 5.55. The van der Waals surface area contributed by atoms with E-state index in [-0.39, 0.29) is 5.75 Å². The van der Waals surface area contributed by atoms with Gasteiger partial charge in [-0.3, -0.25) is 0 Å². The van der Waals surface area contributed by atoms with Crippen molar-refractivity contribution in [2.45, 2.75) is 57.7 Å². The molecule has 0 atom stereocenters. The number of hydrogen-bond donors (Lipinski definition) is 0. The summed E-state index contributed by atoms with van der Waals surface area (Å²) in [6.07, 6.45) is 6.31.